The molecular formula is C25H31N9O4S. The van der Waals surface area contributed by atoms with Crippen LogP contribution in [0.2, 0.25) is 0 Å². The number of nitroso groups, excluding NO2 is 1. The fourth-order valence-electron chi connectivity index (χ4n) is 4.69. The zero-order chi connectivity index (χ0) is 27.7. The van der Waals surface area contributed by atoms with Gasteiger partial charge in [-0.05, 0) is 37.6 Å². The molecule has 2 aromatic heterocycles. The summed E-state index contributed by atoms with van der Waals surface area (Å²) in [6, 6.07) is 1.83. The van der Waals surface area contributed by atoms with E-state index in [0.717, 1.165) is 24.6 Å². The number of ether oxygens (including phenoxy) is 1. The van der Waals surface area contributed by atoms with Crippen molar-refractivity contribution in [3.05, 3.63) is 62.6 Å². The average Bonchev–Trinajstić information content (AvgIpc) is 3.34. The molecule has 1 fully saturated rings. The molecule has 14 heteroatoms. The molecule has 39 heavy (non-hydrogen) atoms. The minimum Gasteiger partial charge on any atom is -0.377 e. The summed E-state index contributed by atoms with van der Waals surface area (Å²) in [5.41, 5.74) is 1.27. The Kier molecular flexibility index (Phi) is 7.42. The van der Waals surface area contributed by atoms with Crippen molar-refractivity contribution in [2.75, 3.05) is 45.4 Å². The Labute approximate surface area is 229 Å². The molecule has 0 spiro atoms. The number of hydrogen-bond donors (Lipinski definition) is 3. The molecule has 206 valence electrons. The van der Waals surface area contributed by atoms with Crippen LogP contribution in [0.4, 0.5) is 5.82 Å². The quantitative estimate of drug-likeness (QED) is 0.179. The van der Waals surface area contributed by atoms with Crippen molar-refractivity contribution in [2.24, 2.45) is 16.1 Å². The van der Waals surface area contributed by atoms with Crippen LogP contribution in [-0.4, -0.2) is 73.4 Å². The van der Waals surface area contributed by atoms with Crippen molar-refractivity contribution in [2.45, 2.75) is 25.0 Å². The first-order valence-electron chi connectivity index (χ1n) is 12.5. The van der Waals surface area contributed by atoms with E-state index in [9.17, 15) is 14.5 Å². The Balaban J connectivity index is 1.26. The molecule has 2 atom stereocenters. The molecule has 0 aromatic carbocycles. The van der Waals surface area contributed by atoms with Gasteiger partial charge in [0.05, 0.1) is 36.9 Å². The van der Waals surface area contributed by atoms with Gasteiger partial charge >= 0.3 is 5.91 Å². The molecule has 1 saturated heterocycles. The topological polar surface area (TPSA) is 146 Å². The normalized spacial score (nSPS) is 22.3. The minimum absolute atomic E-state index is 0.0199. The standard InChI is InChI=1S/C25H31N9O4S/c1-15-7-20(33-9-16(10-33)12-38-14-27-19-6-5-17(8-26-19)32(3)4)30-23-21(15)22(35)18(24(36)31-37)11-34(23)25(2)28-13-29-39-25/h5-8,11,13,16,19,26-27H,9-10,12,14H2,1-4H3,(H,28,29). The van der Waals surface area contributed by atoms with E-state index >= 15 is 0 Å². The molecular weight excluding hydrogens is 522 g/mol. The number of anilines is 1. The number of carbonyl (C=O) groups excluding carboxylic acids is 1. The third kappa shape index (κ3) is 5.27. The molecule has 3 aliphatic heterocycles. The fraction of sp³-hybridized carbons (Fsp3) is 0.440. The van der Waals surface area contributed by atoms with Crippen LogP contribution >= 0.6 is 11.9 Å². The summed E-state index contributed by atoms with van der Waals surface area (Å²) in [5.74, 6) is -0.0521. The van der Waals surface area contributed by atoms with Gasteiger partial charge in [-0.1, -0.05) is 0 Å². The Morgan fingerprint density at radius 3 is 2.82 bits per heavy atom. The highest BCUT2D eigenvalue weighted by Gasteiger charge is 2.34. The van der Waals surface area contributed by atoms with Gasteiger partial charge in [0, 0.05) is 62.6 Å². The number of fused-ring (bicyclic) bond motifs is 1. The van der Waals surface area contributed by atoms with Gasteiger partial charge in [0.15, 0.2) is 0 Å². The maximum atomic E-state index is 13.2. The number of amides is 1. The lowest BCUT2D eigenvalue weighted by Crippen LogP contribution is -2.50. The van der Waals surface area contributed by atoms with Crippen molar-refractivity contribution in [1.29, 1.82) is 0 Å². The van der Waals surface area contributed by atoms with Gasteiger partial charge in [-0.2, -0.15) is 0 Å². The third-order valence-electron chi connectivity index (χ3n) is 6.94. The van der Waals surface area contributed by atoms with E-state index < -0.39 is 16.3 Å². The van der Waals surface area contributed by atoms with Gasteiger partial charge in [0.25, 0.3) is 0 Å². The monoisotopic (exact) mass is 553 g/mol. The molecule has 0 saturated carbocycles. The molecule has 1 amide bonds. The van der Waals surface area contributed by atoms with Crippen LogP contribution in [-0.2, 0) is 9.73 Å². The zero-order valence-electron chi connectivity index (χ0n) is 22.2. The predicted octanol–water partition coefficient (Wildman–Crippen LogP) is 1.41. The highest BCUT2D eigenvalue weighted by molar-refractivity contribution is 7.98. The predicted molar refractivity (Wildman–Crippen MR) is 151 cm³/mol. The number of dihydropyridines is 1. The van der Waals surface area contributed by atoms with E-state index in [0.29, 0.717) is 30.5 Å². The summed E-state index contributed by atoms with van der Waals surface area (Å²) in [5, 5.41) is 9.32. The summed E-state index contributed by atoms with van der Waals surface area (Å²) < 4.78 is 10.5. The Bertz CT molecular complexity index is 1450. The van der Waals surface area contributed by atoms with Crippen LogP contribution in [0.3, 0.4) is 0 Å². The van der Waals surface area contributed by atoms with Gasteiger partial charge in [0.2, 0.25) is 10.4 Å². The van der Waals surface area contributed by atoms with Crippen LogP contribution in [0.1, 0.15) is 22.8 Å². The number of aliphatic imine (C=N–C) groups is 1. The molecule has 0 bridgehead atoms. The first kappa shape index (κ1) is 26.8. The third-order valence-corrected chi connectivity index (χ3v) is 7.85. The summed E-state index contributed by atoms with van der Waals surface area (Å²) in [6.07, 6.45) is 8.96. The summed E-state index contributed by atoms with van der Waals surface area (Å²) in [4.78, 5) is 48.8. The number of likely N-dealkylation sites (N-methyl/N-ethyl adjacent to an activating group) is 1. The van der Waals surface area contributed by atoms with Crippen LogP contribution < -0.4 is 25.7 Å². The second-order valence-corrected chi connectivity index (χ2v) is 11.2. The van der Waals surface area contributed by atoms with Crippen molar-refractivity contribution in [1.82, 2.24) is 29.8 Å². The highest BCUT2D eigenvalue weighted by Crippen LogP contribution is 2.36. The Morgan fingerprint density at radius 1 is 1.38 bits per heavy atom. The molecule has 5 heterocycles. The number of allylic oxidation sites excluding steroid dienone is 1. The summed E-state index contributed by atoms with van der Waals surface area (Å²) in [6.45, 7) is 6.17. The molecule has 0 aliphatic carbocycles. The minimum atomic E-state index is -1.12. The van der Waals surface area contributed by atoms with E-state index in [1.54, 1.807) is 11.5 Å². The number of nitrogens with one attached hydrogen (secondary N) is 3. The molecule has 5 rings (SSSR count). The average molecular weight is 554 g/mol. The Morgan fingerprint density at radius 2 is 2.18 bits per heavy atom. The number of rotatable bonds is 9. The van der Waals surface area contributed by atoms with Crippen molar-refractivity contribution < 1.29 is 9.53 Å². The largest absolute Gasteiger partial charge is 0.377 e. The molecule has 3 N–H and O–H groups in total. The number of nitrogens with zero attached hydrogens (tertiary/aromatic N) is 6. The van der Waals surface area contributed by atoms with Crippen LogP contribution in [0.5, 0.6) is 0 Å². The van der Waals surface area contributed by atoms with Gasteiger partial charge < -0.3 is 24.6 Å². The number of carbonyl (C=O) groups is 1. The van der Waals surface area contributed by atoms with Gasteiger partial charge in [0.1, 0.15) is 17.0 Å². The molecule has 13 nitrogen and oxygen atoms in total. The van der Waals surface area contributed by atoms with E-state index in [1.165, 1.54) is 24.5 Å². The first-order chi connectivity index (χ1) is 18.7. The summed E-state index contributed by atoms with van der Waals surface area (Å²) >= 11 is 1.29. The van der Waals surface area contributed by atoms with Gasteiger partial charge in [-0.25, -0.2) is 9.98 Å². The lowest BCUT2D eigenvalue weighted by molar-refractivity contribution is 0.0709. The molecule has 3 aliphatic rings. The Hall–Kier alpha value is -3.75. The second-order valence-electron chi connectivity index (χ2n) is 10.0. The zero-order valence-corrected chi connectivity index (χ0v) is 23.0. The summed E-state index contributed by atoms with van der Waals surface area (Å²) in [7, 11) is 3.99. The van der Waals surface area contributed by atoms with E-state index in [1.807, 2.05) is 38.2 Å². The lowest BCUT2D eigenvalue weighted by atomic mass is 10.0. The highest BCUT2D eigenvalue weighted by atomic mass is 32.2. The molecule has 0 radical (unpaired) electrons. The van der Waals surface area contributed by atoms with Crippen LogP contribution in [0, 0.1) is 17.7 Å². The number of pyridine rings is 2. The van der Waals surface area contributed by atoms with Crippen molar-refractivity contribution >= 4 is 41.0 Å². The molecule has 2 unspecified atom stereocenters. The van der Waals surface area contributed by atoms with E-state index in [4.69, 9.17) is 9.72 Å². The first-order valence-corrected chi connectivity index (χ1v) is 13.3. The second kappa shape index (κ2) is 10.8. The maximum Gasteiger partial charge on any atom is 0.322 e. The molecule has 2 aromatic rings. The number of hydrogen-bond acceptors (Lipinski definition) is 12. The van der Waals surface area contributed by atoms with Gasteiger partial charge in [-0.3, -0.25) is 19.5 Å². The SMILES string of the molecule is Cc1cc(N2CC(COCNC3C=CC(N(C)C)=CN3)C2)nc2c1c(=O)c(C(=O)N=O)cn2C1(C)N=CNS1. The van der Waals surface area contributed by atoms with Crippen LogP contribution in [0.15, 0.2) is 51.3 Å². The van der Waals surface area contributed by atoms with E-state index in [-0.39, 0.29) is 17.1 Å². The van der Waals surface area contributed by atoms with Gasteiger partial charge in [-0.15, -0.1) is 4.91 Å². The number of aromatic nitrogens is 2. The fourth-order valence-corrected chi connectivity index (χ4v) is 5.37. The van der Waals surface area contributed by atoms with Crippen molar-refractivity contribution in [3.63, 3.8) is 0 Å². The smallest absolute Gasteiger partial charge is 0.322 e. The maximum absolute atomic E-state index is 13.2. The lowest BCUT2D eigenvalue weighted by Gasteiger charge is -2.40. The van der Waals surface area contributed by atoms with E-state index in [2.05, 4.69) is 42.6 Å². The van der Waals surface area contributed by atoms with Crippen LogP contribution in [0.25, 0.3) is 11.0 Å². The number of aryl methyl sites for hydroxylation is 1. The van der Waals surface area contributed by atoms with Crippen molar-refractivity contribution in [3.8, 4) is 0 Å².